The molecule has 156 valence electrons. The quantitative estimate of drug-likeness (QED) is 0.654. The van der Waals surface area contributed by atoms with Gasteiger partial charge in [-0.2, -0.15) is 5.10 Å². The van der Waals surface area contributed by atoms with E-state index in [9.17, 15) is 4.79 Å². The highest BCUT2D eigenvalue weighted by molar-refractivity contribution is 5.94. The molecule has 1 saturated carbocycles. The third-order valence-corrected chi connectivity index (χ3v) is 5.82. The van der Waals surface area contributed by atoms with Crippen LogP contribution in [0.15, 0.2) is 67.1 Å². The summed E-state index contributed by atoms with van der Waals surface area (Å²) in [6.07, 6.45) is 9.76. The second kappa shape index (κ2) is 9.67. The van der Waals surface area contributed by atoms with Gasteiger partial charge in [0.05, 0.1) is 5.56 Å². The summed E-state index contributed by atoms with van der Waals surface area (Å²) < 4.78 is 1.68. The van der Waals surface area contributed by atoms with Crippen molar-refractivity contribution >= 4 is 5.91 Å². The molecule has 0 saturated heterocycles. The SMILES string of the molecule is CN(Cc1ccccc1)C[C@@H]1CCCC[C@H]1NC(=O)c1ccc(-n2cccn2)nc1. The van der Waals surface area contributed by atoms with Gasteiger partial charge in [0, 0.05) is 37.7 Å². The molecule has 6 heteroatoms. The molecule has 6 nitrogen and oxygen atoms in total. The number of aromatic nitrogens is 3. The number of benzene rings is 1. The predicted octanol–water partition coefficient (Wildman–Crippen LogP) is 3.69. The number of carbonyl (C=O) groups excluding carboxylic acids is 1. The number of nitrogens with one attached hydrogen (secondary N) is 1. The van der Waals surface area contributed by atoms with Crippen molar-refractivity contribution in [3.05, 3.63) is 78.2 Å². The highest BCUT2D eigenvalue weighted by Crippen LogP contribution is 2.26. The van der Waals surface area contributed by atoms with E-state index in [4.69, 9.17) is 0 Å². The van der Waals surface area contributed by atoms with E-state index >= 15 is 0 Å². The van der Waals surface area contributed by atoms with Crippen LogP contribution in [0.4, 0.5) is 0 Å². The number of hydrogen-bond acceptors (Lipinski definition) is 4. The van der Waals surface area contributed by atoms with Crippen LogP contribution in [0.3, 0.4) is 0 Å². The van der Waals surface area contributed by atoms with Crippen LogP contribution in [0, 0.1) is 5.92 Å². The second-order valence-corrected chi connectivity index (χ2v) is 8.16. The van der Waals surface area contributed by atoms with Crippen LogP contribution in [-0.4, -0.2) is 45.2 Å². The maximum Gasteiger partial charge on any atom is 0.253 e. The van der Waals surface area contributed by atoms with Crippen molar-refractivity contribution < 1.29 is 4.79 Å². The van der Waals surface area contributed by atoms with Gasteiger partial charge in [0.25, 0.3) is 5.91 Å². The average molecular weight is 404 g/mol. The molecule has 1 fully saturated rings. The van der Waals surface area contributed by atoms with Crippen molar-refractivity contribution in [1.82, 2.24) is 25.0 Å². The zero-order valence-corrected chi connectivity index (χ0v) is 17.4. The first-order valence-electron chi connectivity index (χ1n) is 10.7. The number of pyridine rings is 1. The lowest BCUT2D eigenvalue weighted by Gasteiger charge is -2.35. The molecule has 2 heterocycles. The summed E-state index contributed by atoms with van der Waals surface area (Å²) in [5.74, 6) is 1.12. The summed E-state index contributed by atoms with van der Waals surface area (Å²) >= 11 is 0. The molecule has 0 spiro atoms. The van der Waals surface area contributed by atoms with E-state index in [0.29, 0.717) is 17.3 Å². The highest BCUT2D eigenvalue weighted by atomic mass is 16.1. The van der Waals surface area contributed by atoms with Gasteiger partial charge >= 0.3 is 0 Å². The maximum absolute atomic E-state index is 12.8. The molecule has 3 aromatic rings. The zero-order valence-electron chi connectivity index (χ0n) is 17.4. The van der Waals surface area contributed by atoms with E-state index in [1.54, 1.807) is 17.1 Å². The lowest BCUT2D eigenvalue weighted by atomic mass is 9.84. The van der Waals surface area contributed by atoms with Crippen molar-refractivity contribution in [2.24, 2.45) is 5.92 Å². The Kier molecular flexibility index (Phi) is 6.54. The molecule has 0 aliphatic heterocycles. The van der Waals surface area contributed by atoms with Gasteiger partial charge in [0.15, 0.2) is 5.82 Å². The molecule has 30 heavy (non-hydrogen) atoms. The molecule has 0 radical (unpaired) electrons. The summed E-state index contributed by atoms with van der Waals surface area (Å²) in [6.45, 7) is 1.91. The Morgan fingerprint density at radius 1 is 1.13 bits per heavy atom. The van der Waals surface area contributed by atoms with Gasteiger partial charge in [-0.3, -0.25) is 4.79 Å². The van der Waals surface area contributed by atoms with Gasteiger partial charge in [0.2, 0.25) is 0 Å². The topological polar surface area (TPSA) is 63.1 Å². The first-order valence-corrected chi connectivity index (χ1v) is 10.7. The van der Waals surface area contributed by atoms with Crippen LogP contribution in [0.1, 0.15) is 41.6 Å². The number of amides is 1. The van der Waals surface area contributed by atoms with Crippen LogP contribution in [0.5, 0.6) is 0 Å². The molecule has 1 N–H and O–H groups in total. The number of rotatable bonds is 7. The Morgan fingerprint density at radius 2 is 1.97 bits per heavy atom. The minimum atomic E-state index is -0.0443. The second-order valence-electron chi connectivity index (χ2n) is 8.16. The lowest BCUT2D eigenvalue weighted by molar-refractivity contribution is 0.0889. The first-order chi connectivity index (χ1) is 14.7. The average Bonchev–Trinajstić information content (AvgIpc) is 3.31. The van der Waals surface area contributed by atoms with E-state index in [1.165, 1.54) is 18.4 Å². The Labute approximate surface area is 177 Å². The molecule has 0 bridgehead atoms. The fourth-order valence-electron chi connectivity index (χ4n) is 4.29. The van der Waals surface area contributed by atoms with E-state index < -0.39 is 0 Å². The highest BCUT2D eigenvalue weighted by Gasteiger charge is 2.27. The van der Waals surface area contributed by atoms with Crippen molar-refractivity contribution in [3.63, 3.8) is 0 Å². The Bertz CT molecular complexity index is 924. The normalized spacial score (nSPS) is 19.0. The number of nitrogens with zero attached hydrogens (tertiary/aromatic N) is 4. The molecule has 0 unspecified atom stereocenters. The van der Waals surface area contributed by atoms with E-state index in [1.807, 2.05) is 30.5 Å². The van der Waals surface area contributed by atoms with Crippen molar-refractivity contribution in [3.8, 4) is 5.82 Å². The molecule has 2 aromatic heterocycles. The fourth-order valence-corrected chi connectivity index (χ4v) is 4.29. The van der Waals surface area contributed by atoms with Gasteiger partial charge < -0.3 is 10.2 Å². The smallest absolute Gasteiger partial charge is 0.253 e. The molecule has 2 atom stereocenters. The van der Waals surface area contributed by atoms with Crippen LogP contribution < -0.4 is 5.32 Å². The Morgan fingerprint density at radius 3 is 2.70 bits per heavy atom. The largest absolute Gasteiger partial charge is 0.349 e. The minimum absolute atomic E-state index is 0.0443. The van der Waals surface area contributed by atoms with E-state index in [-0.39, 0.29) is 11.9 Å². The van der Waals surface area contributed by atoms with Crippen LogP contribution in [0.2, 0.25) is 0 Å². The summed E-state index contributed by atoms with van der Waals surface area (Å²) in [5.41, 5.74) is 1.91. The van der Waals surface area contributed by atoms with Crippen LogP contribution in [0.25, 0.3) is 5.82 Å². The third-order valence-electron chi connectivity index (χ3n) is 5.82. The van der Waals surface area contributed by atoms with Gasteiger partial charge in [-0.15, -0.1) is 0 Å². The number of hydrogen-bond donors (Lipinski definition) is 1. The van der Waals surface area contributed by atoms with Crippen LogP contribution in [-0.2, 0) is 6.54 Å². The molecular formula is C24H29N5O. The molecule has 1 aliphatic carbocycles. The van der Waals surface area contributed by atoms with Crippen molar-refractivity contribution in [2.75, 3.05) is 13.6 Å². The predicted molar refractivity (Wildman–Crippen MR) is 117 cm³/mol. The zero-order chi connectivity index (χ0) is 20.8. The third kappa shape index (κ3) is 5.13. The number of carbonyl (C=O) groups is 1. The molecule has 4 rings (SSSR count). The fraction of sp³-hybridized carbons (Fsp3) is 0.375. The summed E-state index contributed by atoms with van der Waals surface area (Å²) in [6, 6.07) is 16.2. The van der Waals surface area contributed by atoms with E-state index in [2.05, 4.69) is 51.6 Å². The monoisotopic (exact) mass is 403 g/mol. The van der Waals surface area contributed by atoms with Gasteiger partial charge in [-0.25, -0.2) is 9.67 Å². The standard InChI is InChI=1S/C24H29N5O/c1-28(17-19-8-3-2-4-9-19)18-21-10-5-6-11-22(21)27-24(30)20-12-13-23(25-16-20)29-15-7-14-26-29/h2-4,7-9,12-16,21-22H,5-6,10-11,17-18H2,1H3,(H,27,30)/t21-,22+/m0/s1. The Hall–Kier alpha value is -2.99. The minimum Gasteiger partial charge on any atom is -0.349 e. The van der Waals surface area contributed by atoms with Crippen molar-refractivity contribution in [1.29, 1.82) is 0 Å². The van der Waals surface area contributed by atoms with Gasteiger partial charge in [0.1, 0.15) is 0 Å². The van der Waals surface area contributed by atoms with Crippen LogP contribution >= 0.6 is 0 Å². The van der Waals surface area contributed by atoms with Gasteiger partial charge in [-0.05, 0) is 49.6 Å². The summed E-state index contributed by atoms with van der Waals surface area (Å²) in [7, 11) is 2.17. The first kappa shape index (κ1) is 20.3. The summed E-state index contributed by atoms with van der Waals surface area (Å²) in [4.78, 5) is 19.6. The van der Waals surface area contributed by atoms with Crippen molar-refractivity contribution in [2.45, 2.75) is 38.3 Å². The maximum atomic E-state index is 12.8. The molecular weight excluding hydrogens is 374 g/mol. The van der Waals surface area contributed by atoms with Gasteiger partial charge in [-0.1, -0.05) is 43.2 Å². The molecule has 1 amide bonds. The molecule has 1 aromatic carbocycles. The lowest BCUT2D eigenvalue weighted by Crippen LogP contribution is -2.45. The molecule has 1 aliphatic rings. The van der Waals surface area contributed by atoms with E-state index in [0.717, 1.165) is 25.9 Å². The summed E-state index contributed by atoms with van der Waals surface area (Å²) in [5, 5.41) is 7.45. The Balaban J connectivity index is 1.36.